The van der Waals surface area contributed by atoms with Crippen molar-refractivity contribution in [1.82, 2.24) is 19.9 Å². The maximum atomic E-state index is 15.9. The third-order valence-electron chi connectivity index (χ3n) is 8.41. The van der Waals surface area contributed by atoms with Crippen LogP contribution in [-0.4, -0.2) is 52.6 Å². The number of likely N-dealkylation sites (tertiary alicyclic amines) is 1. The molecule has 2 aromatic rings. The molecule has 0 bridgehead atoms. The van der Waals surface area contributed by atoms with Gasteiger partial charge in [-0.05, 0) is 93.3 Å². The molecule has 7 rings (SSSR count). The molecule has 3 aliphatic carbocycles. The quantitative estimate of drug-likeness (QED) is 0.664. The van der Waals surface area contributed by atoms with Crippen molar-refractivity contribution in [2.45, 2.75) is 56.8 Å². The fourth-order valence-electron chi connectivity index (χ4n) is 5.89. The number of fused-ring (bicyclic) bond motifs is 1. The lowest BCUT2D eigenvalue weighted by Gasteiger charge is -2.33. The summed E-state index contributed by atoms with van der Waals surface area (Å²) in [6, 6.07) is 1.94. The number of hydrogen-bond donors (Lipinski definition) is 1. The molecule has 3 saturated carbocycles. The summed E-state index contributed by atoms with van der Waals surface area (Å²) in [6.07, 6.45) is 12.2. The number of aromatic nitrogens is 3. The van der Waals surface area contributed by atoms with Crippen LogP contribution in [0.25, 0.3) is 0 Å². The minimum absolute atomic E-state index is 0.0994. The van der Waals surface area contributed by atoms with Gasteiger partial charge in [-0.2, -0.15) is 0 Å². The molecule has 2 aliphatic heterocycles. The van der Waals surface area contributed by atoms with E-state index >= 15 is 4.39 Å². The summed E-state index contributed by atoms with van der Waals surface area (Å²) in [7, 11) is 0. The van der Waals surface area contributed by atoms with E-state index in [2.05, 4.69) is 25.1 Å². The molecule has 174 valence electrons. The second-order valence-corrected chi connectivity index (χ2v) is 11.1. The predicted octanol–water partition coefficient (Wildman–Crippen LogP) is 4.68. The molecule has 0 spiro atoms. The van der Waals surface area contributed by atoms with Gasteiger partial charge in [0.05, 0.1) is 18.1 Å². The van der Waals surface area contributed by atoms with E-state index in [1.54, 1.807) is 6.20 Å². The third kappa shape index (κ3) is 4.20. The number of rotatable bonds is 7. The summed E-state index contributed by atoms with van der Waals surface area (Å²) in [5, 5.41) is 3.34. The second kappa shape index (κ2) is 7.90. The Kier molecular flexibility index (Phi) is 4.81. The molecule has 2 atom stereocenters. The average molecular weight is 449 g/mol. The van der Waals surface area contributed by atoms with E-state index in [4.69, 9.17) is 4.98 Å². The van der Waals surface area contributed by atoms with Crippen molar-refractivity contribution < 1.29 is 4.39 Å². The van der Waals surface area contributed by atoms with Gasteiger partial charge < -0.3 is 15.1 Å². The van der Waals surface area contributed by atoms with Gasteiger partial charge in [0.2, 0.25) is 0 Å². The molecule has 1 N–H and O–H groups in total. The van der Waals surface area contributed by atoms with Crippen molar-refractivity contribution in [2.24, 2.45) is 17.8 Å². The lowest BCUT2D eigenvalue weighted by atomic mass is 9.89. The van der Waals surface area contributed by atoms with E-state index in [-0.39, 0.29) is 11.7 Å². The number of nitrogens with zero attached hydrogens (tertiary/aromatic N) is 5. The molecule has 0 radical (unpaired) electrons. The number of halogens is 1. The van der Waals surface area contributed by atoms with E-state index in [0.29, 0.717) is 23.4 Å². The average Bonchev–Trinajstić information content (AvgIpc) is 3.73. The molecule has 7 heteroatoms. The smallest absolute Gasteiger partial charge is 0.169 e. The molecular formula is C26H33FN6. The Balaban J connectivity index is 1.14. The molecule has 0 amide bonds. The maximum absolute atomic E-state index is 15.9. The van der Waals surface area contributed by atoms with Gasteiger partial charge >= 0.3 is 0 Å². The van der Waals surface area contributed by atoms with Crippen LogP contribution in [0, 0.1) is 23.6 Å². The molecule has 2 unspecified atom stereocenters. The lowest BCUT2D eigenvalue weighted by Crippen LogP contribution is -2.35. The van der Waals surface area contributed by atoms with Crippen LogP contribution < -0.4 is 10.2 Å². The molecule has 33 heavy (non-hydrogen) atoms. The third-order valence-corrected chi connectivity index (χ3v) is 8.41. The zero-order valence-electron chi connectivity index (χ0n) is 19.2. The van der Waals surface area contributed by atoms with Gasteiger partial charge in [0.25, 0.3) is 0 Å². The van der Waals surface area contributed by atoms with Crippen LogP contribution in [0.1, 0.15) is 68.0 Å². The topological polar surface area (TPSA) is 57.2 Å². The summed E-state index contributed by atoms with van der Waals surface area (Å²) in [5.41, 5.74) is 1.90. The highest BCUT2D eigenvalue weighted by molar-refractivity contribution is 5.59. The molecule has 6 nitrogen and oxygen atoms in total. The monoisotopic (exact) mass is 448 g/mol. The van der Waals surface area contributed by atoms with Crippen LogP contribution in [0.3, 0.4) is 0 Å². The zero-order chi connectivity index (χ0) is 21.9. The number of pyridine rings is 1. The van der Waals surface area contributed by atoms with Crippen LogP contribution in [-0.2, 0) is 0 Å². The highest BCUT2D eigenvalue weighted by Gasteiger charge is 2.46. The number of piperidine rings is 2. The lowest BCUT2D eigenvalue weighted by molar-refractivity contribution is 0.203. The van der Waals surface area contributed by atoms with Crippen molar-refractivity contribution in [1.29, 1.82) is 0 Å². The van der Waals surface area contributed by atoms with E-state index in [0.717, 1.165) is 68.0 Å². The van der Waals surface area contributed by atoms with Gasteiger partial charge in [-0.15, -0.1) is 0 Å². The molecular weight excluding hydrogens is 415 g/mol. The molecule has 5 aliphatic rings. The summed E-state index contributed by atoms with van der Waals surface area (Å²) in [4.78, 5) is 18.6. The Morgan fingerprint density at radius 2 is 1.70 bits per heavy atom. The highest BCUT2D eigenvalue weighted by Crippen LogP contribution is 2.47. The Hall–Kier alpha value is -2.28. The molecule has 0 aromatic carbocycles. The van der Waals surface area contributed by atoms with Crippen molar-refractivity contribution in [3.8, 4) is 0 Å². The normalized spacial score (nSPS) is 27.6. The van der Waals surface area contributed by atoms with E-state index < -0.39 is 0 Å². The summed E-state index contributed by atoms with van der Waals surface area (Å²) in [6.45, 7) is 5.25. The van der Waals surface area contributed by atoms with Crippen LogP contribution in [0.15, 0.2) is 18.5 Å². The largest absolute Gasteiger partial charge is 0.354 e. The first-order chi connectivity index (χ1) is 16.2. The summed E-state index contributed by atoms with van der Waals surface area (Å²) >= 11 is 0. The Labute approximate surface area is 195 Å². The number of nitrogens with one attached hydrogen (secondary N) is 1. The van der Waals surface area contributed by atoms with E-state index in [1.165, 1.54) is 38.6 Å². The van der Waals surface area contributed by atoms with Crippen LogP contribution in [0.4, 0.5) is 21.8 Å². The minimum atomic E-state index is -0.0994. The van der Waals surface area contributed by atoms with Gasteiger partial charge in [0.1, 0.15) is 11.6 Å². The number of anilines is 3. The van der Waals surface area contributed by atoms with Gasteiger partial charge in [-0.1, -0.05) is 0 Å². The van der Waals surface area contributed by atoms with Gasteiger partial charge in [-0.25, -0.2) is 14.4 Å². The SMILES string of the molecule is Fc1c(C2CCN(CC3CC3)CC2)cc(Nc2cnc(C3CC3)cn2)nc1N1CC2CC2C1. The Morgan fingerprint density at radius 3 is 2.36 bits per heavy atom. The van der Waals surface area contributed by atoms with Crippen molar-refractivity contribution in [3.05, 3.63) is 35.5 Å². The van der Waals surface area contributed by atoms with E-state index in [9.17, 15) is 0 Å². The van der Waals surface area contributed by atoms with Crippen molar-refractivity contribution in [2.75, 3.05) is 42.9 Å². The fourth-order valence-corrected chi connectivity index (χ4v) is 5.89. The molecule has 5 fully saturated rings. The van der Waals surface area contributed by atoms with Gasteiger partial charge in [0, 0.05) is 25.6 Å². The summed E-state index contributed by atoms with van der Waals surface area (Å²) < 4.78 is 15.9. The van der Waals surface area contributed by atoms with E-state index in [1.807, 2.05) is 12.3 Å². The highest BCUT2D eigenvalue weighted by atomic mass is 19.1. The Morgan fingerprint density at radius 1 is 0.909 bits per heavy atom. The number of hydrogen-bond acceptors (Lipinski definition) is 6. The van der Waals surface area contributed by atoms with Crippen molar-refractivity contribution >= 4 is 17.5 Å². The van der Waals surface area contributed by atoms with Crippen LogP contribution in [0.5, 0.6) is 0 Å². The first-order valence-electron chi connectivity index (χ1n) is 13.0. The first-order valence-corrected chi connectivity index (χ1v) is 13.0. The van der Waals surface area contributed by atoms with Crippen LogP contribution in [0.2, 0.25) is 0 Å². The predicted molar refractivity (Wildman–Crippen MR) is 126 cm³/mol. The molecule has 2 saturated heterocycles. The fraction of sp³-hybridized carbons (Fsp3) is 0.654. The summed E-state index contributed by atoms with van der Waals surface area (Å²) in [5.74, 6) is 5.02. The minimum Gasteiger partial charge on any atom is -0.354 e. The first kappa shape index (κ1) is 20.1. The Bertz CT molecular complexity index is 1020. The standard InChI is InChI=1S/C26H33FN6/c27-25-21(17-5-7-32(8-6-17)13-16-1-2-16)10-23(31-26(25)33-14-19-9-20(19)15-33)30-24-12-28-22(11-29-24)18-3-4-18/h10-12,16-20H,1-9,13-15H2,(H,29,30,31). The molecule has 4 heterocycles. The van der Waals surface area contributed by atoms with Gasteiger partial charge in [0.15, 0.2) is 11.6 Å². The van der Waals surface area contributed by atoms with Gasteiger partial charge in [-0.3, -0.25) is 4.98 Å². The van der Waals surface area contributed by atoms with Crippen LogP contribution >= 0.6 is 0 Å². The molecule has 2 aromatic heterocycles. The zero-order valence-corrected chi connectivity index (χ0v) is 19.2. The second-order valence-electron chi connectivity index (χ2n) is 11.1. The maximum Gasteiger partial charge on any atom is 0.169 e. The van der Waals surface area contributed by atoms with Crippen molar-refractivity contribution in [3.63, 3.8) is 0 Å².